The molecule has 0 unspecified atom stereocenters. The zero-order valence-corrected chi connectivity index (χ0v) is 17.4. The lowest BCUT2D eigenvalue weighted by atomic mass is 10.2. The van der Waals surface area contributed by atoms with E-state index < -0.39 is 17.6 Å². The third-order valence-corrected chi connectivity index (χ3v) is 5.87. The van der Waals surface area contributed by atoms with E-state index in [9.17, 15) is 14.0 Å². The van der Waals surface area contributed by atoms with Gasteiger partial charge in [0.25, 0.3) is 11.8 Å². The number of aryl methyl sites for hydroxylation is 1. The third kappa shape index (κ3) is 3.84. The van der Waals surface area contributed by atoms with Crippen LogP contribution in [-0.2, 0) is 9.59 Å². The highest BCUT2D eigenvalue weighted by molar-refractivity contribution is 8.04. The Morgan fingerprint density at radius 3 is 2.33 bits per heavy atom. The van der Waals surface area contributed by atoms with E-state index in [2.05, 4.69) is 5.32 Å². The van der Waals surface area contributed by atoms with Crippen molar-refractivity contribution in [3.05, 3.63) is 99.8 Å². The second kappa shape index (κ2) is 8.34. The predicted octanol–water partition coefficient (Wildman–Crippen LogP) is 5.78. The first-order chi connectivity index (χ1) is 14.5. The van der Waals surface area contributed by atoms with Crippen LogP contribution in [0.2, 0.25) is 5.02 Å². The normalized spacial score (nSPS) is 13.9. The van der Waals surface area contributed by atoms with E-state index >= 15 is 0 Å². The van der Waals surface area contributed by atoms with Gasteiger partial charge in [-0.3, -0.25) is 9.59 Å². The van der Waals surface area contributed by atoms with E-state index in [-0.39, 0.29) is 16.3 Å². The topological polar surface area (TPSA) is 49.4 Å². The fourth-order valence-corrected chi connectivity index (χ4v) is 4.25. The molecule has 4 nitrogen and oxygen atoms in total. The third-order valence-electron chi connectivity index (χ3n) is 4.55. The molecule has 0 bridgehead atoms. The average molecular weight is 439 g/mol. The smallest absolute Gasteiger partial charge is 0.283 e. The van der Waals surface area contributed by atoms with Crippen LogP contribution in [0.25, 0.3) is 0 Å². The molecule has 0 saturated carbocycles. The molecule has 3 aromatic carbocycles. The molecule has 1 heterocycles. The first-order valence-electron chi connectivity index (χ1n) is 9.09. The lowest BCUT2D eigenvalue weighted by Crippen LogP contribution is -2.33. The molecule has 150 valence electrons. The number of carbonyl (C=O) groups is 2. The Bertz CT molecular complexity index is 1180. The number of benzene rings is 3. The molecular formula is C23H16ClFN2O2S. The maximum Gasteiger partial charge on any atom is 0.283 e. The summed E-state index contributed by atoms with van der Waals surface area (Å²) in [5.74, 6) is -1.84. The van der Waals surface area contributed by atoms with Crippen molar-refractivity contribution in [1.82, 2.24) is 0 Å². The highest BCUT2D eigenvalue weighted by atomic mass is 35.5. The van der Waals surface area contributed by atoms with Crippen LogP contribution in [0.3, 0.4) is 0 Å². The van der Waals surface area contributed by atoms with E-state index in [0.717, 1.165) is 27.1 Å². The van der Waals surface area contributed by atoms with Gasteiger partial charge in [-0.15, -0.1) is 0 Å². The fourth-order valence-electron chi connectivity index (χ4n) is 3.07. The molecule has 2 amide bonds. The Labute approximate surface area is 182 Å². The van der Waals surface area contributed by atoms with Crippen molar-refractivity contribution in [1.29, 1.82) is 0 Å². The molecule has 1 aliphatic rings. The van der Waals surface area contributed by atoms with E-state index in [1.165, 1.54) is 18.2 Å². The quantitative estimate of drug-likeness (QED) is 0.513. The van der Waals surface area contributed by atoms with Crippen LogP contribution >= 0.6 is 23.4 Å². The summed E-state index contributed by atoms with van der Waals surface area (Å²) < 4.78 is 14.4. The monoisotopic (exact) mass is 438 g/mol. The van der Waals surface area contributed by atoms with Gasteiger partial charge in [-0.2, -0.15) is 0 Å². The number of thioether (sulfide) groups is 1. The molecule has 0 atom stereocenters. The maximum absolute atomic E-state index is 14.4. The first-order valence-corrected chi connectivity index (χ1v) is 10.3. The van der Waals surface area contributed by atoms with Crippen molar-refractivity contribution in [2.75, 3.05) is 10.2 Å². The van der Waals surface area contributed by atoms with Crippen LogP contribution in [0.1, 0.15) is 5.56 Å². The van der Waals surface area contributed by atoms with E-state index in [1.807, 2.05) is 37.3 Å². The van der Waals surface area contributed by atoms with Crippen molar-refractivity contribution in [3.63, 3.8) is 0 Å². The standard InChI is InChI=1S/C23H16ClFN2O2S/c1-14-13-15(24)11-12-18(14)26-20-21(30-16-7-3-2-4-8-16)23(29)27(22(20)28)19-10-6-5-9-17(19)25/h2-13,26H,1H3. The lowest BCUT2D eigenvalue weighted by Gasteiger charge is -2.16. The summed E-state index contributed by atoms with van der Waals surface area (Å²) in [5.41, 5.74) is 1.46. The Morgan fingerprint density at radius 1 is 0.933 bits per heavy atom. The predicted molar refractivity (Wildman–Crippen MR) is 118 cm³/mol. The molecule has 3 aromatic rings. The van der Waals surface area contributed by atoms with Crippen molar-refractivity contribution >= 4 is 46.6 Å². The summed E-state index contributed by atoms with van der Waals surface area (Å²) in [6.07, 6.45) is 0. The molecule has 0 radical (unpaired) electrons. The van der Waals surface area contributed by atoms with Crippen molar-refractivity contribution in [2.24, 2.45) is 0 Å². The maximum atomic E-state index is 14.4. The SMILES string of the molecule is Cc1cc(Cl)ccc1NC1=C(Sc2ccccc2)C(=O)N(c2ccccc2F)C1=O. The average Bonchev–Trinajstić information content (AvgIpc) is 2.95. The summed E-state index contributed by atoms with van der Waals surface area (Å²) in [7, 11) is 0. The summed E-state index contributed by atoms with van der Waals surface area (Å²) in [6.45, 7) is 1.84. The number of amides is 2. The van der Waals surface area contributed by atoms with E-state index in [1.54, 1.807) is 24.3 Å². The number of anilines is 2. The second-order valence-electron chi connectivity index (χ2n) is 6.60. The minimum absolute atomic E-state index is 0.0803. The molecule has 0 fully saturated rings. The van der Waals surface area contributed by atoms with Crippen molar-refractivity contribution in [2.45, 2.75) is 11.8 Å². The van der Waals surface area contributed by atoms with Crippen LogP contribution in [-0.4, -0.2) is 11.8 Å². The van der Waals surface area contributed by atoms with Crippen molar-refractivity contribution in [3.8, 4) is 0 Å². The molecule has 30 heavy (non-hydrogen) atoms. The van der Waals surface area contributed by atoms with Gasteiger partial charge in [0.1, 0.15) is 16.4 Å². The van der Waals surface area contributed by atoms with Gasteiger partial charge in [0, 0.05) is 15.6 Å². The molecule has 1 N–H and O–H groups in total. The van der Waals surface area contributed by atoms with Gasteiger partial charge in [-0.05, 0) is 55.0 Å². The molecule has 0 spiro atoms. The van der Waals surface area contributed by atoms with Gasteiger partial charge in [0.05, 0.1) is 5.69 Å². The minimum Gasteiger partial charge on any atom is -0.350 e. The zero-order chi connectivity index (χ0) is 21.3. The molecular weight excluding hydrogens is 423 g/mol. The summed E-state index contributed by atoms with van der Waals surface area (Å²) >= 11 is 7.19. The molecule has 0 aromatic heterocycles. The number of nitrogens with zero attached hydrogens (tertiary/aromatic N) is 1. The van der Waals surface area contributed by atoms with Gasteiger partial charge >= 0.3 is 0 Å². The number of hydrogen-bond acceptors (Lipinski definition) is 4. The Kier molecular flexibility index (Phi) is 5.61. The fraction of sp³-hybridized carbons (Fsp3) is 0.0435. The number of rotatable bonds is 5. The molecule has 0 saturated heterocycles. The van der Waals surface area contributed by atoms with Crippen molar-refractivity contribution < 1.29 is 14.0 Å². The summed E-state index contributed by atoms with van der Waals surface area (Å²) in [5, 5.41) is 3.63. The van der Waals surface area contributed by atoms with Crippen LogP contribution in [0, 0.1) is 12.7 Å². The zero-order valence-electron chi connectivity index (χ0n) is 15.9. The van der Waals surface area contributed by atoms with Gasteiger partial charge in [-0.1, -0.05) is 53.7 Å². The summed E-state index contributed by atoms with van der Waals surface area (Å²) in [6, 6.07) is 20.1. The van der Waals surface area contributed by atoms with Gasteiger partial charge in [0.2, 0.25) is 0 Å². The molecule has 1 aliphatic heterocycles. The van der Waals surface area contributed by atoms with Crippen LogP contribution in [0.4, 0.5) is 15.8 Å². The summed E-state index contributed by atoms with van der Waals surface area (Å²) in [4.78, 5) is 28.3. The van der Waals surface area contributed by atoms with Gasteiger partial charge < -0.3 is 5.32 Å². The minimum atomic E-state index is -0.646. The number of carbonyl (C=O) groups excluding carboxylic acids is 2. The number of hydrogen-bond donors (Lipinski definition) is 1. The number of nitrogens with one attached hydrogen (secondary N) is 1. The van der Waals surface area contributed by atoms with Crippen LogP contribution < -0.4 is 10.2 Å². The number of imide groups is 1. The van der Waals surface area contributed by atoms with Gasteiger partial charge in [-0.25, -0.2) is 9.29 Å². The lowest BCUT2D eigenvalue weighted by molar-refractivity contribution is -0.120. The van der Waals surface area contributed by atoms with E-state index in [0.29, 0.717) is 10.7 Å². The molecule has 7 heteroatoms. The van der Waals surface area contributed by atoms with Gasteiger partial charge in [0.15, 0.2) is 0 Å². The Hall–Kier alpha value is -3.09. The highest BCUT2D eigenvalue weighted by Crippen LogP contribution is 2.38. The number of para-hydroxylation sites is 1. The van der Waals surface area contributed by atoms with Crippen LogP contribution in [0.5, 0.6) is 0 Å². The Morgan fingerprint density at radius 2 is 1.63 bits per heavy atom. The highest BCUT2D eigenvalue weighted by Gasteiger charge is 2.41. The van der Waals surface area contributed by atoms with Crippen LogP contribution in [0.15, 0.2) is 88.3 Å². The molecule has 0 aliphatic carbocycles. The second-order valence-corrected chi connectivity index (χ2v) is 8.12. The molecule has 4 rings (SSSR count). The largest absolute Gasteiger partial charge is 0.350 e. The Balaban J connectivity index is 1.78. The number of halogens is 2. The van der Waals surface area contributed by atoms with E-state index in [4.69, 9.17) is 11.6 Å². The first kappa shape index (κ1) is 20.2.